The number of nitrogens with two attached hydrogens (primary N) is 1. The highest BCUT2D eigenvalue weighted by Gasteiger charge is 2.23. The Morgan fingerprint density at radius 3 is 3.00 bits per heavy atom. The molecule has 1 heterocycles. The molecule has 2 rings (SSSR count). The largest absolute Gasteiger partial charge is 0.350 e. The summed E-state index contributed by atoms with van der Waals surface area (Å²) >= 11 is 1.73. The van der Waals surface area contributed by atoms with E-state index in [0.717, 1.165) is 24.3 Å². The molecule has 0 aliphatic heterocycles. The summed E-state index contributed by atoms with van der Waals surface area (Å²) < 4.78 is 0. The number of nitrogens with one attached hydrogen (secondary N) is 1. The molecule has 0 aromatic carbocycles. The molecule has 0 spiro atoms. The number of rotatable bonds is 3. The lowest BCUT2D eigenvalue weighted by Gasteiger charge is -2.21. The highest BCUT2D eigenvalue weighted by atomic mass is 32.1. The topological polar surface area (TPSA) is 55.1 Å². The van der Waals surface area contributed by atoms with Crippen LogP contribution in [0.5, 0.6) is 0 Å². The van der Waals surface area contributed by atoms with Gasteiger partial charge in [0.15, 0.2) is 0 Å². The summed E-state index contributed by atoms with van der Waals surface area (Å²) in [6.07, 6.45) is 3.34. The Morgan fingerprint density at radius 1 is 1.61 bits per heavy atom. The van der Waals surface area contributed by atoms with E-state index in [1.165, 1.54) is 16.9 Å². The van der Waals surface area contributed by atoms with Crippen molar-refractivity contribution in [1.29, 1.82) is 0 Å². The van der Waals surface area contributed by atoms with Gasteiger partial charge in [-0.1, -0.05) is 6.92 Å². The predicted octanol–water partition coefficient (Wildman–Crippen LogP) is 2.34. The summed E-state index contributed by atoms with van der Waals surface area (Å²) in [4.78, 5) is 13.5. The first-order chi connectivity index (χ1) is 8.37. The Hall–Kier alpha value is -0.870. The van der Waals surface area contributed by atoms with Crippen LogP contribution < -0.4 is 11.1 Å². The van der Waals surface area contributed by atoms with Gasteiger partial charge in [-0.05, 0) is 44.6 Å². The smallest absolute Gasteiger partial charge is 0.252 e. The van der Waals surface area contributed by atoms with Crippen LogP contribution in [0.25, 0.3) is 0 Å². The molecule has 1 aromatic heterocycles. The maximum absolute atomic E-state index is 12.1. The average molecular weight is 266 g/mol. The van der Waals surface area contributed by atoms with Gasteiger partial charge in [0.05, 0.1) is 5.56 Å². The molecule has 100 valence electrons. The maximum atomic E-state index is 12.1. The van der Waals surface area contributed by atoms with E-state index >= 15 is 0 Å². The summed E-state index contributed by atoms with van der Waals surface area (Å²) in [5.74, 6) is 0.774. The number of hydrogen-bond donors (Lipinski definition) is 2. The van der Waals surface area contributed by atoms with Crippen LogP contribution in [-0.2, 0) is 12.8 Å². The standard InChI is InChI=1S/C14H22N2OS/c1-9-4-5-10-11(7-18-12(10)6-9)13(17)16-8-14(2,3)15/h7,9H,4-6,8,15H2,1-3H3,(H,16,17). The van der Waals surface area contributed by atoms with E-state index in [-0.39, 0.29) is 11.4 Å². The first-order valence-electron chi connectivity index (χ1n) is 6.53. The molecule has 0 fully saturated rings. The molecule has 0 radical (unpaired) electrons. The Kier molecular flexibility index (Phi) is 3.78. The molecule has 1 aliphatic carbocycles. The normalized spacial score (nSPS) is 19.4. The molecule has 1 aliphatic rings. The number of thiophene rings is 1. The third-order valence-corrected chi connectivity index (χ3v) is 4.40. The van der Waals surface area contributed by atoms with Crippen molar-refractivity contribution < 1.29 is 4.79 Å². The lowest BCUT2D eigenvalue weighted by atomic mass is 9.88. The van der Waals surface area contributed by atoms with E-state index in [1.807, 2.05) is 19.2 Å². The zero-order valence-corrected chi connectivity index (χ0v) is 12.2. The lowest BCUT2D eigenvalue weighted by molar-refractivity contribution is 0.0945. The van der Waals surface area contributed by atoms with E-state index in [1.54, 1.807) is 11.3 Å². The third kappa shape index (κ3) is 3.12. The van der Waals surface area contributed by atoms with Crippen molar-refractivity contribution in [2.75, 3.05) is 6.54 Å². The van der Waals surface area contributed by atoms with Crippen LogP contribution >= 0.6 is 11.3 Å². The third-order valence-electron chi connectivity index (χ3n) is 3.35. The van der Waals surface area contributed by atoms with Gasteiger partial charge >= 0.3 is 0 Å². The molecule has 1 aromatic rings. The highest BCUT2D eigenvalue weighted by molar-refractivity contribution is 7.10. The fraction of sp³-hybridized carbons (Fsp3) is 0.643. The number of hydrogen-bond acceptors (Lipinski definition) is 3. The number of fused-ring (bicyclic) bond motifs is 1. The molecule has 1 atom stereocenters. The molecule has 0 saturated carbocycles. The van der Waals surface area contributed by atoms with Crippen LogP contribution in [0.2, 0.25) is 0 Å². The van der Waals surface area contributed by atoms with Crippen molar-refractivity contribution in [2.45, 2.75) is 45.6 Å². The minimum Gasteiger partial charge on any atom is -0.350 e. The van der Waals surface area contributed by atoms with Crippen LogP contribution in [0.1, 0.15) is 48.0 Å². The van der Waals surface area contributed by atoms with Gasteiger partial charge in [-0.2, -0.15) is 0 Å². The van der Waals surface area contributed by atoms with Gasteiger partial charge in [-0.25, -0.2) is 0 Å². The second-order valence-corrected chi connectivity index (χ2v) is 7.03. The SMILES string of the molecule is CC1CCc2c(C(=O)NCC(C)(C)N)csc2C1. The molecule has 1 unspecified atom stereocenters. The van der Waals surface area contributed by atoms with Gasteiger partial charge in [-0.3, -0.25) is 4.79 Å². The van der Waals surface area contributed by atoms with Gasteiger partial charge < -0.3 is 11.1 Å². The van der Waals surface area contributed by atoms with E-state index in [4.69, 9.17) is 5.73 Å². The lowest BCUT2D eigenvalue weighted by Crippen LogP contribution is -2.45. The molecule has 3 nitrogen and oxygen atoms in total. The van der Waals surface area contributed by atoms with E-state index in [0.29, 0.717) is 6.54 Å². The van der Waals surface area contributed by atoms with Gasteiger partial charge in [0.2, 0.25) is 0 Å². The molecular formula is C14H22N2OS. The Labute approximate surface area is 113 Å². The first kappa shape index (κ1) is 13.6. The van der Waals surface area contributed by atoms with Crippen LogP contribution in [-0.4, -0.2) is 18.0 Å². The Morgan fingerprint density at radius 2 is 2.33 bits per heavy atom. The average Bonchev–Trinajstić information content (AvgIpc) is 2.67. The molecule has 4 heteroatoms. The fourth-order valence-corrected chi connectivity index (χ4v) is 3.52. The summed E-state index contributed by atoms with van der Waals surface area (Å²) in [5, 5.41) is 4.93. The van der Waals surface area contributed by atoms with Crippen LogP contribution in [0.4, 0.5) is 0 Å². The predicted molar refractivity (Wildman–Crippen MR) is 76.1 cm³/mol. The van der Waals surface area contributed by atoms with Crippen molar-refractivity contribution >= 4 is 17.2 Å². The van der Waals surface area contributed by atoms with Crippen LogP contribution in [0.15, 0.2) is 5.38 Å². The van der Waals surface area contributed by atoms with Gasteiger partial charge in [0.1, 0.15) is 0 Å². The fourth-order valence-electron chi connectivity index (χ4n) is 2.27. The van der Waals surface area contributed by atoms with Crippen LogP contribution in [0, 0.1) is 5.92 Å². The van der Waals surface area contributed by atoms with E-state index in [9.17, 15) is 4.79 Å². The zero-order chi connectivity index (χ0) is 13.3. The van der Waals surface area contributed by atoms with Crippen molar-refractivity contribution in [3.05, 3.63) is 21.4 Å². The van der Waals surface area contributed by atoms with Crippen molar-refractivity contribution in [1.82, 2.24) is 5.32 Å². The Bertz CT molecular complexity index is 445. The van der Waals surface area contributed by atoms with Crippen molar-refractivity contribution in [3.63, 3.8) is 0 Å². The minimum absolute atomic E-state index is 0.0283. The van der Waals surface area contributed by atoms with Gasteiger partial charge in [0, 0.05) is 22.3 Å². The quantitative estimate of drug-likeness (QED) is 0.882. The molecular weight excluding hydrogens is 244 g/mol. The van der Waals surface area contributed by atoms with Gasteiger partial charge in [0.25, 0.3) is 5.91 Å². The Balaban J connectivity index is 2.08. The maximum Gasteiger partial charge on any atom is 0.252 e. The molecule has 3 N–H and O–H groups in total. The van der Waals surface area contributed by atoms with Gasteiger partial charge in [-0.15, -0.1) is 11.3 Å². The van der Waals surface area contributed by atoms with Crippen LogP contribution in [0.3, 0.4) is 0 Å². The van der Waals surface area contributed by atoms with E-state index < -0.39 is 0 Å². The molecule has 0 saturated heterocycles. The zero-order valence-electron chi connectivity index (χ0n) is 11.4. The molecule has 18 heavy (non-hydrogen) atoms. The first-order valence-corrected chi connectivity index (χ1v) is 7.41. The summed E-state index contributed by atoms with van der Waals surface area (Å²) in [7, 11) is 0. The van der Waals surface area contributed by atoms with Crippen molar-refractivity contribution in [3.8, 4) is 0 Å². The number of carbonyl (C=O) groups excluding carboxylic acids is 1. The molecule has 1 amide bonds. The summed E-state index contributed by atoms with van der Waals surface area (Å²) in [5.41, 5.74) is 7.66. The minimum atomic E-state index is -0.361. The highest BCUT2D eigenvalue weighted by Crippen LogP contribution is 2.32. The molecule has 0 bridgehead atoms. The van der Waals surface area contributed by atoms with Crippen molar-refractivity contribution in [2.24, 2.45) is 11.7 Å². The number of carbonyl (C=O) groups is 1. The number of amides is 1. The second kappa shape index (κ2) is 5.02. The van der Waals surface area contributed by atoms with E-state index in [2.05, 4.69) is 12.2 Å². The summed E-state index contributed by atoms with van der Waals surface area (Å²) in [6.45, 7) is 6.61. The monoisotopic (exact) mass is 266 g/mol. The summed E-state index contributed by atoms with van der Waals surface area (Å²) in [6, 6.07) is 0. The second-order valence-electron chi connectivity index (χ2n) is 6.07.